The molecule has 0 radical (unpaired) electrons. The SMILES string of the molecule is O=C(NCCOc1ccccc1F)NCc1ccnc(N2CCCC2)c1. The fourth-order valence-corrected chi connectivity index (χ4v) is 2.82. The number of aromatic nitrogens is 1. The van der Waals surface area contributed by atoms with Crippen LogP contribution in [0, 0.1) is 5.82 Å². The van der Waals surface area contributed by atoms with Crippen LogP contribution in [0.15, 0.2) is 42.6 Å². The van der Waals surface area contributed by atoms with Gasteiger partial charge in [0.05, 0.1) is 6.54 Å². The first-order chi connectivity index (χ1) is 12.7. The molecule has 0 atom stereocenters. The van der Waals surface area contributed by atoms with E-state index in [-0.39, 0.29) is 24.9 Å². The van der Waals surface area contributed by atoms with Gasteiger partial charge < -0.3 is 20.3 Å². The van der Waals surface area contributed by atoms with Gasteiger partial charge >= 0.3 is 6.03 Å². The van der Waals surface area contributed by atoms with Crippen LogP contribution in [0.3, 0.4) is 0 Å². The Hall–Kier alpha value is -2.83. The molecule has 1 aromatic heterocycles. The zero-order valence-corrected chi connectivity index (χ0v) is 14.6. The summed E-state index contributed by atoms with van der Waals surface area (Å²) in [5, 5.41) is 5.49. The topological polar surface area (TPSA) is 66.5 Å². The van der Waals surface area contributed by atoms with Gasteiger partial charge in [-0.25, -0.2) is 14.2 Å². The Labute approximate surface area is 152 Å². The van der Waals surface area contributed by atoms with Crippen molar-refractivity contribution in [3.63, 3.8) is 0 Å². The van der Waals surface area contributed by atoms with Gasteiger partial charge in [0.1, 0.15) is 12.4 Å². The molecule has 26 heavy (non-hydrogen) atoms. The number of urea groups is 1. The van der Waals surface area contributed by atoms with E-state index in [9.17, 15) is 9.18 Å². The molecule has 3 rings (SSSR count). The van der Waals surface area contributed by atoms with Crippen molar-refractivity contribution in [1.82, 2.24) is 15.6 Å². The van der Waals surface area contributed by atoms with Gasteiger partial charge in [0.2, 0.25) is 0 Å². The minimum atomic E-state index is -0.413. The van der Waals surface area contributed by atoms with E-state index in [1.165, 1.54) is 18.9 Å². The Morgan fingerprint density at radius 1 is 1.19 bits per heavy atom. The number of amides is 2. The molecule has 1 aromatic carbocycles. The minimum Gasteiger partial charge on any atom is -0.489 e. The van der Waals surface area contributed by atoms with Crippen molar-refractivity contribution in [1.29, 1.82) is 0 Å². The van der Waals surface area contributed by atoms with Crippen LogP contribution in [0.1, 0.15) is 18.4 Å². The predicted octanol–water partition coefficient (Wildman–Crippen LogP) is 2.70. The summed E-state index contributed by atoms with van der Waals surface area (Å²) < 4.78 is 18.7. The third-order valence-electron chi connectivity index (χ3n) is 4.17. The van der Waals surface area contributed by atoms with E-state index in [1.54, 1.807) is 24.4 Å². The van der Waals surface area contributed by atoms with E-state index in [0.717, 1.165) is 24.5 Å². The molecule has 1 saturated heterocycles. The zero-order valence-electron chi connectivity index (χ0n) is 14.6. The van der Waals surface area contributed by atoms with Crippen molar-refractivity contribution in [2.75, 3.05) is 31.1 Å². The lowest BCUT2D eigenvalue weighted by Gasteiger charge is -2.17. The Kier molecular flexibility index (Phi) is 6.24. The minimum absolute atomic E-state index is 0.181. The van der Waals surface area contributed by atoms with Crippen molar-refractivity contribution in [3.8, 4) is 5.75 Å². The zero-order chi connectivity index (χ0) is 18.2. The molecule has 1 aliphatic rings. The van der Waals surface area contributed by atoms with Crippen LogP contribution < -0.4 is 20.3 Å². The van der Waals surface area contributed by atoms with Crippen molar-refractivity contribution in [3.05, 3.63) is 54.0 Å². The molecule has 6 nitrogen and oxygen atoms in total. The second-order valence-electron chi connectivity index (χ2n) is 6.10. The van der Waals surface area contributed by atoms with Gasteiger partial charge in [0, 0.05) is 25.8 Å². The van der Waals surface area contributed by atoms with Crippen molar-refractivity contribution < 1.29 is 13.9 Å². The summed E-state index contributed by atoms with van der Waals surface area (Å²) in [6.07, 6.45) is 4.16. The molecule has 0 aliphatic carbocycles. The number of pyridine rings is 1. The Balaban J connectivity index is 1.37. The number of para-hydroxylation sites is 1. The third-order valence-corrected chi connectivity index (χ3v) is 4.17. The number of hydrogen-bond donors (Lipinski definition) is 2. The van der Waals surface area contributed by atoms with E-state index in [2.05, 4.69) is 20.5 Å². The summed E-state index contributed by atoms with van der Waals surface area (Å²) in [4.78, 5) is 18.5. The molecular formula is C19H23FN4O2. The number of carbonyl (C=O) groups excluding carboxylic acids is 1. The number of rotatable bonds is 7. The van der Waals surface area contributed by atoms with Gasteiger partial charge in [-0.1, -0.05) is 12.1 Å². The van der Waals surface area contributed by atoms with Gasteiger partial charge in [-0.05, 0) is 42.7 Å². The average molecular weight is 358 g/mol. The standard InChI is InChI=1S/C19H23FN4O2/c20-16-5-1-2-6-17(16)26-12-9-22-19(25)23-14-15-7-8-21-18(13-15)24-10-3-4-11-24/h1-2,5-8,13H,3-4,9-12,14H2,(H2,22,23,25). The summed E-state index contributed by atoms with van der Waals surface area (Å²) in [6, 6.07) is 9.79. The maximum absolute atomic E-state index is 13.4. The highest BCUT2D eigenvalue weighted by Gasteiger charge is 2.13. The smallest absolute Gasteiger partial charge is 0.315 e. The molecule has 2 amide bonds. The number of benzene rings is 1. The quantitative estimate of drug-likeness (QED) is 0.747. The molecule has 2 aromatic rings. The van der Waals surface area contributed by atoms with Crippen LogP contribution in [0.4, 0.5) is 15.0 Å². The molecule has 7 heteroatoms. The first-order valence-corrected chi connectivity index (χ1v) is 8.81. The maximum atomic E-state index is 13.4. The summed E-state index contributed by atoms with van der Waals surface area (Å²) in [5.41, 5.74) is 1.000. The van der Waals surface area contributed by atoms with Crippen LogP contribution in [0.25, 0.3) is 0 Å². The summed E-state index contributed by atoms with van der Waals surface area (Å²) in [6.45, 7) is 2.97. The second-order valence-corrected chi connectivity index (χ2v) is 6.10. The molecule has 1 fully saturated rings. The fourth-order valence-electron chi connectivity index (χ4n) is 2.82. The van der Waals surface area contributed by atoms with Crippen LogP contribution in [-0.4, -0.2) is 37.3 Å². The number of ether oxygens (including phenoxy) is 1. The molecule has 2 heterocycles. The number of hydrogen-bond acceptors (Lipinski definition) is 4. The number of halogens is 1. The van der Waals surface area contributed by atoms with Crippen molar-refractivity contribution >= 4 is 11.8 Å². The number of carbonyl (C=O) groups is 1. The fraction of sp³-hybridized carbons (Fsp3) is 0.368. The van der Waals surface area contributed by atoms with Gasteiger partial charge in [-0.15, -0.1) is 0 Å². The first-order valence-electron chi connectivity index (χ1n) is 8.81. The molecular weight excluding hydrogens is 335 g/mol. The lowest BCUT2D eigenvalue weighted by Crippen LogP contribution is -2.37. The third kappa shape index (κ3) is 5.08. The molecule has 1 aliphatic heterocycles. The Morgan fingerprint density at radius 2 is 2.00 bits per heavy atom. The molecule has 138 valence electrons. The summed E-state index contributed by atoms with van der Waals surface area (Å²) in [5.74, 6) is 0.727. The second kappa shape index (κ2) is 9.03. The van der Waals surface area contributed by atoms with Crippen molar-refractivity contribution in [2.45, 2.75) is 19.4 Å². The average Bonchev–Trinajstić information content (AvgIpc) is 3.20. The normalized spacial score (nSPS) is 13.5. The Morgan fingerprint density at radius 3 is 2.81 bits per heavy atom. The summed E-state index contributed by atoms with van der Waals surface area (Å²) >= 11 is 0. The predicted molar refractivity (Wildman–Crippen MR) is 97.8 cm³/mol. The van der Waals surface area contributed by atoms with E-state index in [1.807, 2.05) is 12.1 Å². The van der Waals surface area contributed by atoms with Gasteiger partial charge in [-0.2, -0.15) is 0 Å². The van der Waals surface area contributed by atoms with E-state index in [0.29, 0.717) is 6.54 Å². The highest BCUT2D eigenvalue weighted by molar-refractivity contribution is 5.73. The van der Waals surface area contributed by atoms with Gasteiger partial charge in [0.15, 0.2) is 11.6 Å². The van der Waals surface area contributed by atoms with Crippen LogP contribution >= 0.6 is 0 Å². The highest BCUT2D eigenvalue weighted by Crippen LogP contribution is 2.18. The number of nitrogens with zero attached hydrogens (tertiary/aromatic N) is 2. The molecule has 0 bridgehead atoms. The van der Waals surface area contributed by atoms with Crippen LogP contribution in [0.2, 0.25) is 0 Å². The number of anilines is 1. The highest BCUT2D eigenvalue weighted by atomic mass is 19.1. The molecule has 2 N–H and O–H groups in total. The lowest BCUT2D eigenvalue weighted by atomic mass is 10.2. The van der Waals surface area contributed by atoms with E-state index < -0.39 is 5.82 Å². The maximum Gasteiger partial charge on any atom is 0.315 e. The monoisotopic (exact) mass is 358 g/mol. The van der Waals surface area contributed by atoms with Crippen LogP contribution in [0.5, 0.6) is 5.75 Å². The first kappa shape index (κ1) is 18.0. The van der Waals surface area contributed by atoms with Crippen LogP contribution in [-0.2, 0) is 6.54 Å². The van der Waals surface area contributed by atoms with E-state index >= 15 is 0 Å². The lowest BCUT2D eigenvalue weighted by molar-refractivity contribution is 0.235. The van der Waals surface area contributed by atoms with Gasteiger partial charge in [0.25, 0.3) is 0 Å². The number of nitrogens with one attached hydrogen (secondary N) is 2. The largest absolute Gasteiger partial charge is 0.489 e. The van der Waals surface area contributed by atoms with E-state index in [4.69, 9.17) is 4.74 Å². The molecule has 0 unspecified atom stereocenters. The Bertz CT molecular complexity index is 735. The molecule has 0 saturated carbocycles. The molecule has 0 spiro atoms. The summed E-state index contributed by atoms with van der Waals surface area (Å²) in [7, 11) is 0. The van der Waals surface area contributed by atoms with Gasteiger partial charge in [-0.3, -0.25) is 0 Å². The van der Waals surface area contributed by atoms with Crippen molar-refractivity contribution in [2.24, 2.45) is 0 Å².